The molecular weight excluding hydrogens is 386 g/mol. The Kier molecular flexibility index (Phi) is 5.43. The van der Waals surface area contributed by atoms with Crippen LogP contribution in [-0.4, -0.2) is 23.8 Å². The Morgan fingerprint density at radius 1 is 1.17 bits per heavy atom. The summed E-state index contributed by atoms with van der Waals surface area (Å²) in [6.07, 6.45) is 5.10. The van der Waals surface area contributed by atoms with Gasteiger partial charge in [-0.1, -0.05) is 32.3 Å². The van der Waals surface area contributed by atoms with Crippen LogP contribution in [0.25, 0.3) is 22.7 Å². The molecule has 0 atom stereocenters. The quantitative estimate of drug-likeness (QED) is 0.442. The Balaban J connectivity index is 1.82. The van der Waals surface area contributed by atoms with Gasteiger partial charge in [0.2, 0.25) is 5.76 Å². The van der Waals surface area contributed by atoms with Crippen molar-refractivity contribution in [2.75, 3.05) is 0 Å². The molecule has 0 fully saturated rings. The van der Waals surface area contributed by atoms with E-state index in [0.29, 0.717) is 41.5 Å². The van der Waals surface area contributed by atoms with Crippen LogP contribution in [0.2, 0.25) is 0 Å². The molecule has 0 N–H and O–H groups in total. The summed E-state index contributed by atoms with van der Waals surface area (Å²) in [4.78, 5) is 30.9. The van der Waals surface area contributed by atoms with Crippen LogP contribution in [0.1, 0.15) is 39.3 Å². The van der Waals surface area contributed by atoms with Crippen molar-refractivity contribution < 1.29 is 8.94 Å². The Morgan fingerprint density at radius 2 is 2.00 bits per heavy atom. The molecule has 0 saturated carbocycles. The van der Waals surface area contributed by atoms with E-state index in [2.05, 4.69) is 17.1 Å². The molecule has 4 aromatic rings. The second-order valence-electron chi connectivity index (χ2n) is 7.80. The fraction of sp³-hybridized carbons (Fsp3) is 0.429. The summed E-state index contributed by atoms with van der Waals surface area (Å²) in [5.41, 5.74) is 0.576. The monoisotopic (exact) mass is 411 g/mol. The second-order valence-corrected chi connectivity index (χ2v) is 7.80. The van der Waals surface area contributed by atoms with E-state index in [1.165, 1.54) is 10.8 Å². The largest absolute Gasteiger partial charge is 0.461 e. The number of rotatable bonds is 8. The van der Waals surface area contributed by atoms with Crippen LogP contribution in [0.5, 0.6) is 0 Å². The lowest BCUT2D eigenvalue weighted by molar-refractivity contribution is 0.406. The molecule has 4 aromatic heterocycles. The van der Waals surface area contributed by atoms with Gasteiger partial charge >= 0.3 is 5.69 Å². The number of nitrogens with zero attached hydrogens (tertiary/aromatic N) is 5. The summed E-state index contributed by atoms with van der Waals surface area (Å²) in [5, 5.41) is 4.01. The zero-order valence-corrected chi connectivity index (χ0v) is 17.4. The van der Waals surface area contributed by atoms with E-state index < -0.39 is 5.69 Å². The van der Waals surface area contributed by atoms with Gasteiger partial charge < -0.3 is 13.5 Å². The summed E-state index contributed by atoms with van der Waals surface area (Å²) in [7, 11) is 0. The average Bonchev–Trinajstić information content (AvgIpc) is 3.46. The molecule has 9 nitrogen and oxygen atoms in total. The summed E-state index contributed by atoms with van der Waals surface area (Å²) in [6, 6.07) is 5.18. The minimum absolute atomic E-state index is 0.00880. The lowest BCUT2D eigenvalue weighted by atomic mass is 10.2. The number of aryl methyl sites for hydroxylation is 1. The third-order valence-electron chi connectivity index (χ3n) is 4.93. The van der Waals surface area contributed by atoms with Crippen LogP contribution in [-0.2, 0) is 19.6 Å². The number of unbranched alkanes of at least 4 members (excludes halogenated alkanes) is 1. The third-order valence-corrected chi connectivity index (χ3v) is 4.93. The van der Waals surface area contributed by atoms with Gasteiger partial charge in [0.05, 0.1) is 19.1 Å². The lowest BCUT2D eigenvalue weighted by Gasteiger charge is -2.13. The van der Waals surface area contributed by atoms with Gasteiger partial charge in [0.25, 0.3) is 5.56 Å². The van der Waals surface area contributed by atoms with Gasteiger partial charge in [-0.3, -0.25) is 13.9 Å². The fourth-order valence-electron chi connectivity index (χ4n) is 3.49. The van der Waals surface area contributed by atoms with Crippen molar-refractivity contribution in [2.24, 2.45) is 5.92 Å². The Morgan fingerprint density at radius 3 is 2.70 bits per heavy atom. The summed E-state index contributed by atoms with van der Waals surface area (Å²) >= 11 is 0. The van der Waals surface area contributed by atoms with E-state index in [-0.39, 0.29) is 18.0 Å². The van der Waals surface area contributed by atoms with Gasteiger partial charge in [0.15, 0.2) is 16.9 Å². The molecule has 0 radical (unpaired) electrons. The highest BCUT2D eigenvalue weighted by Crippen LogP contribution is 2.20. The summed E-state index contributed by atoms with van der Waals surface area (Å²) < 4.78 is 15.3. The maximum Gasteiger partial charge on any atom is 0.333 e. The number of imidazole rings is 1. The van der Waals surface area contributed by atoms with Crippen molar-refractivity contribution in [3.05, 3.63) is 57.3 Å². The Labute approximate surface area is 172 Å². The van der Waals surface area contributed by atoms with Crippen LogP contribution >= 0.6 is 0 Å². The van der Waals surface area contributed by atoms with Crippen LogP contribution in [0.15, 0.2) is 49.3 Å². The fourth-order valence-corrected chi connectivity index (χ4v) is 3.49. The van der Waals surface area contributed by atoms with Crippen LogP contribution < -0.4 is 11.2 Å². The number of hydrogen-bond donors (Lipinski definition) is 0. The standard InChI is InChI=1S/C21H25N5O4/c1-4-5-8-24-13-22-19-18(24)20(27)26(21(28)25(19)11-14(2)3)12-15-10-17(30-23-15)16-7-6-9-29-16/h6-7,9-10,13-14H,4-5,8,11-12H2,1-3H3. The first-order chi connectivity index (χ1) is 14.5. The molecule has 30 heavy (non-hydrogen) atoms. The zero-order valence-electron chi connectivity index (χ0n) is 17.4. The van der Waals surface area contributed by atoms with Gasteiger partial charge in [0.1, 0.15) is 5.69 Å². The molecule has 158 valence electrons. The lowest BCUT2D eigenvalue weighted by Crippen LogP contribution is -2.41. The minimum atomic E-state index is -0.399. The van der Waals surface area contributed by atoms with Crippen molar-refractivity contribution in [3.63, 3.8) is 0 Å². The van der Waals surface area contributed by atoms with Crippen molar-refractivity contribution in [1.29, 1.82) is 0 Å². The van der Waals surface area contributed by atoms with E-state index in [0.717, 1.165) is 12.8 Å². The normalized spacial score (nSPS) is 11.7. The first-order valence-corrected chi connectivity index (χ1v) is 10.2. The summed E-state index contributed by atoms with van der Waals surface area (Å²) in [5.74, 6) is 1.20. The van der Waals surface area contributed by atoms with Crippen LogP contribution in [0.4, 0.5) is 0 Å². The minimum Gasteiger partial charge on any atom is -0.461 e. The van der Waals surface area contributed by atoms with Gasteiger partial charge in [-0.15, -0.1) is 0 Å². The van der Waals surface area contributed by atoms with E-state index in [1.54, 1.807) is 29.1 Å². The molecule has 0 aromatic carbocycles. The predicted molar refractivity (Wildman–Crippen MR) is 111 cm³/mol. The summed E-state index contributed by atoms with van der Waals surface area (Å²) in [6.45, 7) is 7.29. The van der Waals surface area contributed by atoms with Gasteiger partial charge in [-0.25, -0.2) is 9.78 Å². The van der Waals surface area contributed by atoms with E-state index in [9.17, 15) is 9.59 Å². The van der Waals surface area contributed by atoms with Crippen LogP contribution in [0, 0.1) is 5.92 Å². The zero-order chi connectivity index (χ0) is 21.3. The molecule has 0 aliphatic rings. The second kappa shape index (κ2) is 8.17. The predicted octanol–water partition coefficient (Wildman–Crippen LogP) is 3.11. The smallest absolute Gasteiger partial charge is 0.333 e. The number of furan rings is 1. The molecule has 0 bridgehead atoms. The number of hydrogen-bond acceptors (Lipinski definition) is 6. The van der Waals surface area contributed by atoms with E-state index >= 15 is 0 Å². The van der Waals surface area contributed by atoms with E-state index in [1.807, 2.05) is 18.4 Å². The molecule has 4 rings (SSSR count). The maximum absolute atomic E-state index is 13.3. The first kappa shape index (κ1) is 19.9. The Hall–Kier alpha value is -3.36. The van der Waals surface area contributed by atoms with Crippen molar-refractivity contribution in [1.82, 2.24) is 23.8 Å². The molecule has 0 aliphatic carbocycles. The molecule has 0 unspecified atom stereocenters. The van der Waals surface area contributed by atoms with Gasteiger partial charge in [-0.2, -0.15) is 0 Å². The van der Waals surface area contributed by atoms with Crippen molar-refractivity contribution in [2.45, 2.75) is 53.2 Å². The SMILES string of the molecule is CCCCn1cnc2c1c(=O)n(Cc1cc(-c3ccco3)on1)c(=O)n2CC(C)C. The first-order valence-electron chi connectivity index (χ1n) is 10.2. The molecular formula is C21H25N5O4. The average molecular weight is 411 g/mol. The number of aromatic nitrogens is 5. The highest BCUT2D eigenvalue weighted by Gasteiger charge is 2.20. The molecule has 0 amide bonds. The van der Waals surface area contributed by atoms with Crippen molar-refractivity contribution >= 4 is 11.2 Å². The van der Waals surface area contributed by atoms with E-state index in [4.69, 9.17) is 8.94 Å². The Bertz CT molecular complexity index is 1260. The molecule has 9 heteroatoms. The highest BCUT2D eigenvalue weighted by atomic mass is 16.5. The topological polar surface area (TPSA) is 101 Å². The van der Waals surface area contributed by atoms with Crippen molar-refractivity contribution in [3.8, 4) is 11.5 Å². The van der Waals surface area contributed by atoms with Gasteiger partial charge in [-0.05, 0) is 24.5 Å². The maximum atomic E-state index is 13.3. The number of fused-ring (bicyclic) bond motifs is 1. The third kappa shape index (κ3) is 3.62. The molecule has 4 heterocycles. The van der Waals surface area contributed by atoms with Crippen LogP contribution in [0.3, 0.4) is 0 Å². The molecule has 0 saturated heterocycles. The molecule has 0 aliphatic heterocycles. The van der Waals surface area contributed by atoms with Gasteiger partial charge in [0, 0.05) is 19.2 Å². The molecule has 0 spiro atoms. The highest BCUT2D eigenvalue weighted by molar-refractivity contribution is 5.70.